The molecule has 0 aromatic rings. The Morgan fingerprint density at radius 2 is 1.85 bits per heavy atom. The summed E-state index contributed by atoms with van der Waals surface area (Å²) in [5.74, 6) is 0.000102. The van der Waals surface area contributed by atoms with Crippen molar-refractivity contribution < 1.29 is 18.0 Å². The van der Waals surface area contributed by atoms with Crippen LogP contribution in [0.1, 0.15) is 46.0 Å². The summed E-state index contributed by atoms with van der Waals surface area (Å²) in [5, 5.41) is 0. The first-order valence-corrected chi connectivity index (χ1v) is 6.80. The first-order valence-electron chi connectivity index (χ1n) is 6.80. The van der Waals surface area contributed by atoms with Gasteiger partial charge in [-0.2, -0.15) is 13.2 Å². The van der Waals surface area contributed by atoms with Crippen molar-refractivity contribution in [1.29, 1.82) is 0 Å². The maximum atomic E-state index is 12.3. The van der Waals surface area contributed by atoms with Gasteiger partial charge in [0.25, 0.3) is 0 Å². The molecule has 7 heteroatoms. The van der Waals surface area contributed by atoms with Crippen molar-refractivity contribution >= 4 is 18.3 Å². The lowest BCUT2D eigenvalue weighted by Gasteiger charge is -2.32. The predicted molar refractivity (Wildman–Crippen MR) is 74.7 cm³/mol. The molecule has 1 aliphatic carbocycles. The molecule has 1 amide bonds. The summed E-state index contributed by atoms with van der Waals surface area (Å²) in [6.45, 7) is 3.63. The topological polar surface area (TPSA) is 46.3 Å². The molecule has 20 heavy (non-hydrogen) atoms. The lowest BCUT2D eigenvalue weighted by molar-refractivity contribution is -0.148. The highest BCUT2D eigenvalue weighted by Crippen LogP contribution is 2.31. The minimum Gasteiger partial charge on any atom is -0.340 e. The van der Waals surface area contributed by atoms with Crippen molar-refractivity contribution in [3.63, 3.8) is 0 Å². The summed E-state index contributed by atoms with van der Waals surface area (Å²) in [4.78, 5) is 13.6. The van der Waals surface area contributed by atoms with Gasteiger partial charge in [0.2, 0.25) is 5.91 Å². The quantitative estimate of drug-likeness (QED) is 0.784. The Morgan fingerprint density at radius 3 is 2.25 bits per heavy atom. The fourth-order valence-electron chi connectivity index (χ4n) is 2.14. The van der Waals surface area contributed by atoms with E-state index in [2.05, 4.69) is 0 Å². The van der Waals surface area contributed by atoms with Crippen LogP contribution in [0.25, 0.3) is 0 Å². The van der Waals surface area contributed by atoms with E-state index < -0.39 is 18.1 Å². The molecular formula is C13H24ClF3N2O. The summed E-state index contributed by atoms with van der Waals surface area (Å²) in [6.07, 6.45) is -2.00. The molecular weight excluding hydrogens is 293 g/mol. The van der Waals surface area contributed by atoms with Crippen LogP contribution in [0.2, 0.25) is 0 Å². The highest BCUT2D eigenvalue weighted by atomic mass is 35.5. The summed E-state index contributed by atoms with van der Waals surface area (Å²) in [7, 11) is 0. The molecule has 1 aliphatic rings. The zero-order valence-electron chi connectivity index (χ0n) is 12.0. The molecule has 1 atom stereocenters. The Kier molecular flexibility index (Phi) is 7.32. The molecule has 0 saturated heterocycles. The molecule has 1 unspecified atom stereocenters. The molecule has 0 spiro atoms. The highest BCUT2D eigenvalue weighted by molar-refractivity contribution is 5.86. The van der Waals surface area contributed by atoms with Gasteiger partial charge >= 0.3 is 6.18 Å². The summed E-state index contributed by atoms with van der Waals surface area (Å²) in [5.41, 5.74) is 4.87. The van der Waals surface area contributed by atoms with Crippen LogP contribution in [0.5, 0.6) is 0 Å². The second-order valence-electron chi connectivity index (χ2n) is 5.73. The van der Waals surface area contributed by atoms with Crippen LogP contribution in [0, 0.1) is 5.92 Å². The molecule has 0 aromatic heterocycles. The number of amides is 1. The molecule has 2 N–H and O–H groups in total. The summed E-state index contributed by atoms with van der Waals surface area (Å²) in [6, 6.07) is 0. The van der Waals surface area contributed by atoms with Crippen molar-refractivity contribution in [1.82, 2.24) is 4.90 Å². The number of nitrogens with zero attached hydrogens (tertiary/aromatic N) is 1. The SMILES string of the molecule is CCCC(C)(N)C(=O)N(CCC(F)(F)F)CC1CC1.Cl. The predicted octanol–water partition coefficient (Wildman–Crippen LogP) is 3.12. The second-order valence-corrected chi connectivity index (χ2v) is 5.73. The number of nitrogens with two attached hydrogens (primary N) is 1. The van der Waals surface area contributed by atoms with Gasteiger partial charge in [0, 0.05) is 13.1 Å². The first-order chi connectivity index (χ1) is 8.65. The van der Waals surface area contributed by atoms with E-state index in [9.17, 15) is 18.0 Å². The molecule has 120 valence electrons. The standard InChI is InChI=1S/C13H23F3N2O.ClH/c1-3-6-12(2,17)11(19)18(9-10-4-5-10)8-7-13(14,15)16;/h10H,3-9,17H2,1-2H3;1H. The molecule has 1 rings (SSSR count). The number of hydrogen-bond acceptors (Lipinski definition) is 2. The van der Waals surface area contributed by atoms with Gasteiger partial charge in [0.1, 0.15) is 0 Å². The van der Waals surface area contributed by atoms with Gasteiger partial charge in [-0.25, -0.2) is 0 Å². The summed E-state index contributed by atoms with van der Waals surface area (Å²) >= 11 is 0. The van der Waals surface area contributed by atoms with E-state index in [1.54, 1.807) is 6.92 Å². The number of hydrogen-bond donors (Lipinski definition) is 1. The van der Waals surface area contributed by atoms with Gasteiger partial charge in [0.15, 0.2) is 0 Å². The fraction of sp³-hybridized carbons (Fsp3) is 0.923. The van der Waals surface area contributed by atoms with E-state index in [1.165, 1.54) is 4.90 Å². The Bertz CT molecular complexity index is 317. The third-order valence-corrected chi connectivity index (χ3v) is 3.39. The lowest BCUT2D eigenvalue weighted by atomic mass is 9.95. The van der Waals surface area contributed by atoms with Gasteiger partial charge < -0.3 is 10.6 Å². The van der Waals surface area contributed by atoms with Crippen LogP contribution in [-0.4, -0.2) is 35.6 Å². The number of alkyl halides is 3. The first kappa shape index (κ1) is 19.5. The molecule has 0 aromatic carbocycles. The van der Waals surface area contributed by atoms with E-state index in [-0.39, 0.29) is 24.9 Å². The van der Waals surface area contributed by atoms with E-state index in [4.69, 9.17) is 5.73 Å². The van der Waals surface area contributed by atoms with Gasteiger partial charge in [-0.1, -0.05) is 13.3 Å². The van der Waals surface area contributed by atoms with Crippen molar-refractivity contribution in [3.05, 3.63) is 0 Å². The van der Waals surface area contributed by atoms with Gasteiger partial charge in [0.05, 0.1) is 12.0 Å². The molecule has 0 bridgehead atoms. The Hall–Kier alpha value is -0.490. The average molecular weight is 317 g/mol. The lowest BCUT2D eigenvalue weighted by Crippen LogP contribution is -2.54. The zero-order valence-corrected chi connectivity index (χ0v) is 12.8. The number of halogens is 4. The van der Waals surface area contributed by atoms with Crippen LogP contribution in [0.15, 0.2) is 0 Å². The van der Waals surface area contributed by atoms with Crippen LogP contribution >= 0.6 is 12.4 Å². The minimum absolute atomic E-state index is 0. The Morgan fingerprint density at radius 1 is 1.30 bits per heavy atom. The van der Waals surface area contributed by atoms with Gasteiger partial charge in [-0.3, -0.25) is 4.79 Å². The Balaban J connectivity index is 0.00000361. The molecule has 0 aliphatic heterocycles. The van der Waals surface area contributed by atoms with Crippen molar-refractivity contribution in [2.75, 3.05) is 13.1 Å². The van der Waals surface area contributed by atoms with Crippen molar-refractivity contribution in [2.24, 2.45) is 11.7 Å². The van der Waals surface area contributed by atoms with Crippen LogP contribution in [0.3, 0.4) is 0 Å². The molecule has 1 saturated carbocycles. The monoisotopic (exact) mass is 316 g/mol. The maximum Gasteiger partial charge on any atom is 0.390 e. The third kappa shape index (κ3) is 6.79. The second kappa shape index (κ2) is 7.50. The van der Waals surface area contributed by atoms with Crippen LogP contribution in [0.4, 0.5) is 13.2 Å². The fourth-order valence-corrected chi connectivity index (χ4v) is 2.14. The number of rotatable bonds is 7. The Labute approximate surface area is 124 Å². The van der Waals surface area contributed by atoms with Gasteiger partial charge in [-0.15, -0.1) is 12.4 Å². The largest absolute Gasteiger partial charge is 0.390 e. The number of carbonyl (C=O) groups is 1. The number of carbonyl (C=O) groups excluding carboxylic acids is 1. The van der Waals surface area contributed by atoms with E-state index in [0.717, 1.165) is 19.3 Å². The van der Waals surface area contributed by atoms with E-state index >= 15 is 0 Å². The third-order valence-electron chi connectivity index (χ3n) is 3.39. The normalized spacial score (nSPS) is 18.1. The van der Waals surface area contributed by atoms with Crippen molar-refractivity contribution in [3.8, 4) is 0 Å². The smallest absolute Gasteiger partial charge is 0.340 e. The maximum absolute atomic E-state index is 12.3. The average Bonchev–Trinajstić information content (AvgIpc) is 3.05. The van der Waals surface area contributed by atoms with Crippen LogP contribution in [-0.2, 0) is 4.79 Å². The zero-order chi connectivity index (χ0) is 14.7. The van der Waals surface area contributed by atoms with Crippen molar-refractivity contribution in [2.45, 2.75) is 57.7 Å². The van der Waals surface area contributed by atoms with E-state index in [1.807, 2.05) is 6.92 Å². The molecule has 3 nitrogen and oxygen atoms in total. The molecule has 0 radical (unpaired) electrons. The summed E-state index contributed by atoms with van der Waals surface area (Å²) < 4.78 is 36.9. The van der Waals surface area contributed by atoms with Gasteiger partial charge in [-0.05, 0) is 32.1 Å². The van der Waals surface area contributed by atoms with E-state index in [0.29, 0.717) is 18.9 Å². The van der Waals surface area contributed by atoms with Crippen LogP contribution < -0.4 is 5.73 Å². The molecule has 1 fully saturated rings. The minimum atomic E-state index is -4.24. The highest BCUT2D eigenvalue weighted by Gasteiger charge is 2.37. The molecule has 0 heterocycles.